The van der Waals surface area contributed by atoms with Crippen molar-refractivity contribution in [3.63, 3.8) is 0 Å². The number of nitrogens with zero attached hydrogens (tertiary/aromatic N) is 1. The molecule has 0 atom stereocenters. The Labute approximate surface area is 133 Å². The first-order chi connectivity index (χ1) is 9.58. The van der Waals surface area contributed by atoms with E-state index in [4.69, 9.17) is 9.84 Å². The summed E-state index contributed by atoms with van der Waals surface area (Å²) in [6, 6.07) is 8.76. The molecule has 0 saturated carbocycles. The van der Waals surface area contributed by atoms with Crippen molar-refractivity contribution >= 4 is 37.8 Å². The van der Waals surface area contributed by atoms with E-state index in [1.54, 1.807) is 6.20 Å². The lowest BCUT2D eigenvalue weighted by atomic mass is 10.2. The summed E-state index contributed by atoms with van der Waals surface area (Å²) in [7, 11) is 0. The molecule has 2 rings (SSSR count). The number of benzene rings is 1. The minimum atomic E-state index is -0.980. The Morgan fingerprint density at radius 1 is 1.25 bits per heavy atom. The molecule has 0 fully saturated rings. The number of ether oxygens (including phenoxy) is 1. The van der Waals surface area contributed by atoms with Crippen LogP contribution in [-0.4, -0.2) is 22.7 Å². The van der Waals surface area contributed by atoms with Crippen molar-refractivity contribution in [1.29, 1.82) is 0 Å². The predicted octanol–water partition coefficient (Wildman–Crippen LogP) is 3.93. The van der Waals surface area contributed by atoms with Crippen LogP contribution in [0.25, 0.3) is 0 Å². The number of carboxylic acids is 1. The van der Waals surface area contributed by atoms with Gasteiger partial charge in [0.05, 0.1) is 21.1 Å². The third-order valence-corrected chi connectivity index (χ3v) is 3.75. The smallest absolute Gasteiger partial charge is 0.335 e. The predicted molar refractivity (Wildman–Crippen MR) is 82.2 cm³/mol. The first-order valence-electron chi connectivity index (χ1n) is 5.83. The summed E-state index contributed by atoms with van der Waals surface area (Å²) in [6.07, 6.45) is 2.42. The van der Waals surface area contributed by atoms with E-state index in [9.17, 15) is 4.79 Å². The monoisotopic (exact) mass is 399 g/mol. The van der Waals surface area contributed by atoms with Crippen molar-refractivity contribution in [2.24, 2.45) is 0 Å². The second-order valence-electron chi connectivity index (χ2n) is 3.99. The van der Waals surface area contributed by atoms with Crippen LogP contribution >= 0.6 is 31.9 Å². The average molecular weight is 401 g/mol. The average Bonchev–Trinajstić information content (AvgIpc) is 2.42. The van der Waals surface area contributed by atoms with Crippen molar-refractivity contribution in [3.8, 4) is 5.75 Å². The molecule has 1 heterocycles. The van der Waals surface area contributed by atoms with E-state index in [-0.39, 0.29) is 5.56 Å². The van der Waals surface area contributed by atoms with E-state index in [1.807, 2.05) is 18.2 Å². The summed E-state index contributed by atoms with van der Waals surface area (Å²) in [6.45, 7) is 0.459. The van der Waals surface area contributed by atoms with E-state index in [2.05, 4.69) is 36.8 Å². The molecule has 0 spiro atoms. The van der Waals surface area contributed by atoms with E-state index in [0.29, 0.717) is 27.7 Å². The van der Waals surface area contributed by atoms with Gasteiger partial charge in [0, 0.05) is 18.3 Å². The van der Waals surface area contributed by atoms with E-state index in [1.165, 1.54) is 12.1 Å². The summed E-state index contributed by atoms with van der Waals surface area (Å²) in [5.41, 5.74) is 1.14. The first-order valence-corrected chi connectivity index (χ1v) is 7.41. The summed E-state index contributed by atoms with van der Waals surface area (Å²) in [5.74, 6) is -0.391. The second kappa shape index (κ2) is 6.85. The lowest BCUT2D eigenvalue weighted by Gasteiger charge is -2.11. The Balaban J connectivity index is 2.05. The third kappa shape index (κ3) is 3.80. The van der Waals surface area contributed by atoms with Crippen LogP contribution in [0.2, 0.25) is 0 Å². The van der Waals surface area contributed by atoms with Gasteiger partial charge in [-0.15, -0.1) is 0 Å². The highest BCUT2D eigenvalue weighted by molar-refractivity contribution is 9.11. The van der Waals surface area contributed by atoms with E-state index < -0.39 is 5.97 Å². The quantitative estimate of drug-likeness (QED) is 0.826. The molecule has 20 heavy (non-hydrogen) atoms. The molecule has 2 aromatic rings. The van der Waals surface area contributed by atoms with Crippen molar-refractivity contribution in [1.82, 2.24) is 4.98 Å². The fraction of sp³-hybridized carbons (Fsp3) is 0.143. The molecule has 6 heteroatoms. The van der Waals surface area contributed by atoms with Gasteiger partial charge in [0.2, 0.25) is 0 Å². The summed E-state index contributed by atoms with van der Waals surface area (Å²) in [5, 5.41) is 8.96. The van der Waals surface area contributed by atoms with Gasteiger partial charge in [-0.05, 0) is 56.1 Å². The Morgan fingerprint density at radius 2 is 1.95 bits per heavy atom. The molecule has 4 nitrogen and oxygen atoms in total. The lowest BCUT2D eigenvalue weighted by molar-refractivity contribution is 0.0696. The van der Waals surface area contributed by atoms with Crippen molar-refractivity contribution in [3.05, 3.63) is 56.7 Å². The van der Waals surface area contributed by atoms with Crippen molar-refractivity contribution in [2.75, 3.05) is 6.61 Å². The van der Waals surface area contributed by atoms with Gasteiger partial charge in [-0.2, -0.15) is 0 Å². The number of halogens is 2. The summed E-state index contributed by atoms with van der Waals surface area (Å²) in [4.78, 5) is 15.1. The number of pyridine rings is 1. The van der Waals surface area contributed by atoms with Crippen LogP contribution in [0, 0.1) is 0 Å². The van der Waals surface area contributed by atoms with Crippen molar-refractivity contribution < 1.29 is 14.6 Å². The molecular formula is C14H11Br2NO3. The normalized spacial score (nSPS) is 10.3. The molecule has 0 saturated heterocycles. The fourth-order valence-corrected chi connectivity index (χ4v) is 3.04. The lowest BCUT2D eigenvalue weighted by Crippen LogP contribution is -2.05. The molecule has 1 aromatic heterocycles. The zero-order valence-electron chi connectivity index (χ0n) is 10.3. The van der Waals surface area contributed by atoms with Crippen molar-refractivity contribution in [2.45, 2.75) is 6.42 Å². The van der Waals surface area contributed by atoms with Crippen LogP contribution < -0.4 is 4.74 Å². The molecule has 1 N–H and O–H groups in total. The van der Waals surface area contributed by atoms with Gasteiger partial charge in [-0.1, -0.05) is 6.07 Å². The van der Waals surface area contributed by atoms with Gasteiger partial charge in [0.15, 0.2) is 0 Å². The zero-order chi connectivity index (χ0) is 14.5. The minimum Gasteiger partial charge on any atom is -0.491 e. The topological polar surface area (TPSA) is 59.4 Å². The van der Waals surface area contributed by atoms with Crippen LogP contribution in [0.15, 0.2) is 45.5 Å². The number of carboxylic acid groups (broad SMARTS) is 1. The molecule has 0 bridgehead atoms. The first kappa shape index (κ1) is 15.0. The Kier molecular flexibility index (Phi) is 5.14. The molecule has 104 valence electrons. The minimum absolute atomic E-state index is 0.195. The van der Waals surface area contributed by atoms with Crippen LogP contribution in [0.3, 0.4) is 0 Å². The van der Waals surface area contributed by atoms with Gasteiger partial charge in [0.1, 0.15) is 5.75 Å². The number of carbonyl (C=O) groups is 1. The standard InChI is InChI=1S/C14H11Br2NO3/c15-11-7-9(14(18)19)8-12(16)13(11)20-6-4-10-3-1-2-5-17-10/h1-3,5,7-8H,4,6H2,(H,18,19). The zero-order valence-corrected chi connectivity index (χ0v) is 13.5. The largest absolute Gasteiger partial charge is 0.491 e. The van der Waals surface area contributed by atoms with Crippen LogP contribution in [-0.2, 0) is 6.42 Å². The van der Waals surface area contributed by atoms with Gasteiger partial charge in [-0.3, -0.25) is 4.98 Å². The van der Waals surface area contributed by atoms with Crippen LogP contribution in [0.5, 0.6) is 5.75 Å². The Morgan fingerprint density at radius 3 is 2.50 bits per heavy atom. The van der Waals surface area contributed by atoms with E-state index in [0.717, 1.165) is 5.69 Å². The second-order valence-corrected chi connectivity index (χ2v) is 5.70. The maximum atomic E-state index is 10.9. The molecule has 0 radical (unpaired) electrons. The number of hydrogen-bond acceptors (Lipinski definition) is 3. The van der Waals surface area contributed by atoms with Crippen LogP contribution in [0.1, 0.15) is 16.1 Å². The Bertz CT molecular complexity index is 594. The maximum Gasteiger partial charge on any atom is 0.335 e. The molecule has 0 unspecified atom stereocenters. The van der Waals surface area contributed by atoms with Gasteiger partial charge in [0.25, 0.3) is 0 Å². The van der Waals surface area contributed by atoms with Gasteiger partial charge >= 0.3 is 5.97 Å². The van der Waals surface area contributed by atoms with Gasteiger partial charge < -0.3 is 9.84 Å². The highest BCUT2D eigenvalue weighted by Gasteiger charge is 2.12. The molecule has 0 aliphatic heterocycles. The third-order valence-electron chi connectivity index (χ3n) is 2.58. The van der Waals surface area contributed by atoms with Gasteiger partial charge in [-0.25, -0.2) is 4.79 Å². The number of hydrogen-bond donors (Lipinski definition) is 1. The Hall–Kier alpha value is -1.40. The molecule has 0 aliphatic rings. The van der Waals surface area contributed by atoms with Crippen LogP contribution in [0.4, 0.5) is 0 Å². The molecule has 1 aromatic carbocycles. The fourth-order valence-electron chi connectivity index (χ4n) is 1.62. The molecule has 0 amide bonds. The summed E-state index contributed by atoms with van der Waals surface area (Å²) >= 11 is 6.64. The number of aromatic nitrogens is 1. The highest BCUT2D eigenvalue weighted by Crippen LogP contribution is 2.34. The molecule has 0 aliphatic carbocycles. The number of rotatable bonds is 5. The number of aromatic carboxylic acids is 1. The SMILES string of the molecule is O=C(O)c1cc(Br)c(OCCc2ccccn2)c(Br)c1. The summed E-state index contributed by atoms with van der Waals surface area (Å²) < 4.78 is 6.88. The van der Waals surface area contributed by atoms with E-state index >= 15 is 0 Å². The highest BCUT2D eigenvalue weighted by atomic mass is 79.9. The molecular weight excluding hydrogens is 390 g/mol. The maximum absolute atomic E-state index is 10.9.